The van der Waals surface area contributed by atoms with Crippen LogP contribution < -0.4 is 0 Å². The molecule has 3 rings (SSSR count). The molecular weight excluding hydrogens is 204 g/mol. The van der Waals surface area contributed by atoms with E-state index in [1.807, 2.05) is 0 Å². The first-order chi connectivity index (χ1) is 7.31. The highest BCUT2D eigenvalue weighted by Crippen LogP contribution is 2.65. The molecule has 3 saturated carbocycles. The number of hydrogen-bond acceptors (Lipinski definition) is 3. The first-order valence-corrected chi connectivity index (χ1v) is 6.22. The fourth-order valence-electron chi connectivity index (χ4n) is 3.62. The molecule has 16 heavy (non-hydrogen) atoms. The van der Waals surface area contributed by atoms with Gasteiger partial charge in [-0.3, -0.25) is 0 Å². The number of esters is 1. The van der Waals surface area contributed by atoms with Crippen molar-refractivity contribution in [3.63, 3.8) is 0 Å². The lowest BCUT2D eigenvalue weighted by Crippen LogP contribution is -2.69. The van der Waals surface area contributed by atoms with Crippen LogP contribution >= 0.6 is 0 Å². The maximum absolute atomic E-state index is 11.6. The van der Waals surface area contributed by atoms with Crippen LogP contribution in [0.1, 0.15) is 47.0 Å². The van der Waals surface area contributed by atoms with Gasteiger partial charge in [-0.05, 0) is 38.0 Å². The predicted octanol–water partition coefficient (Wildman–Crippen LogP) is 2.13. The second kappa shape index (κ2) is 3.46. The van der Waals surface area contributed by atoms with E-state index in [-0.39, 0.29) is 11.0 Å². The third kappa shape index (κ3) is 1.33. The SMILES string of the molecule is CC(O)C(=O)OC12CC(CCC1C)C2(C)C. The standard InChI is InChI=1S/C13H22O3/c1-8-5-6-10-7-13(8,12(10,3)4)16-11(15)9(2)14/h8-10,14H,5-7H2,1-4H3. The molecule has 0 spiro atoms. The van der Waals surface area contributed by atoms with Crippen molar-refractivity contribution in [2.75, 3.05) is 0 Å². The summed E-state index contributed by atoms with van der Waals surface area (Å²) in [5.41, 5.74) is -0.265. The zero-order valence-corrected chi connectivity index (χ0v) is 10.6. The maximum Gasteiger partial charge on any atom is 0.335 e. The van der Waals surface area contributed by atoms with Crippen LogP contribution in [-0.2, 0) is 9.53 Å². The van der Waals surface area contributed by atoms with Crippen LogP contribution in [0.3, 0.4) is 0 Å². The van der Waals surface area contributed by atoms with Gasteiger partial charge < -0.3 is 9.84 Å². The molecule has 0 aliphatic heterocycles. The summed E-state index contributed by atoms with van der Waals surface area (Å²) in [4.78, 5) is 11.6. The average molecular weight is 226 g/mol. The van der Waals surface area contributed by atoms with E-state index < -0.39 is 12.1 Å². The van der Waals surface area contributed by atoms with Crippen molar-refractivity contribution in [3.05, 3.63) is 0 Å². The molecule has 3 nitrogen and oxygen atoms in total. The van der Waals surface area contributed by atoms with E-state index in [2.05, 4.69) is 20.8 Å². The summed E-state index contributed by atoms with van der Waals surface area (Å²) < 4.78 is 5.64. The van der Waals surface area contributed by atoms with E-state index >= 15 is 0 Å². The Labute approximate surface area is 97.2 Å². The minimum atomic E-state index is -1.02. The molecular formula is C13H22O3. The van der Waals surface area contributed by atoms with Gasteiger partial charge in [-0.15, -0.1) is 0 Å². The second-order valence-electron chi connectivity index (χ2n) is 6.09. The van der Waals surface area contributed by atoms with Crippen molar-refractivity contribution in [1.82, 2.24) is 0 Å². The van der Waals surface area contributed by atoms with Crippen molar-refractivity contribution in [1.29, 1.82) is 0 Å². The summed E-state index contributed by atoms with van der Waals surface area (Å²) in [6.45, 7) is 8.00. The fraction of sp³-hybridized carbons (Fsp3) is 0.923. The topological polar surface area (TPSA) is 46.5 Å². The van der Waals surface area contributed by atoms with Crippen LogP contribution in [0.4, 0.5) is 0 Å². The van der Waals surface area contributed by atoms with Gasteiger partial charge in [0.25, 0.3) is 0 Å². The van der Waals surface area contributed by atoms with Gasteiger partial charge in [0.1, 0.15) is 11.7 Å². The lowest BCUT2D eigenvalue weighted by Gasteiger charge is -2.66. The Balaban J connectivity index is 2.19. The van der Waals surface area contributed by atoms with Crippen LogP contribution in [0.15, 0.2) is 0 Å². The number of rotatable bonds is 2. The Bertz CT molecular complexity index is 308. The zero-order chi connectivity index (χ0) is 12.1. The predicted molar refractivity (Wildman–Crippen MR) is 60.8 cm³/mol. The summed E-state index contributed by atoms with van der Waals surface area (Å²) in [5, 5.41) is 9.27. The number of aliphatic hydroxyl groups is 1. The van der Waals surface area contributed by atoms with E-state index in [0.717, 1.165) is 12.8 Å². The molecule has 3 aliphatic rings. The van der Waals surface area contributed by atoms with Crippen molar-refractivity contribution in [2.24, 2.45) is 17.3 Å². The van der Waals surface area contributed by atoms with Crippen molar-refractivity contribution >= 4 is 5.97 Å². The number of aliphatic hydroxyl groups excluding tert-OH is 1. The molecule has 0 radical (unpaired) electrons. The van der Waals surface area contributed by atoms with Crippen LogP contribution in [-0.4, -0.2) is 22.8 Å². The Morgan fingerprint density at radius 1 is 1.44 bits per heavy atom. The van der Waals surface area contributed by atoms with Gasteiger partial charge in [0.2, 0.25) is 0 Å². The molecule has 0 amide bonds. The van der Waals surface area contributed by atoms with E-state index in [1.54, 1.807) is 0 Å². The molecule has 4 atom stereocenters. The Morgan fingerprint density at radius 2 is 2.06 bits per heavy atom. The first kappa shape index (κ1) is 11.9. The molecule has 0 heterocycles. The van der Waals surface area contributed by atoms with Gasteiger partial charge in [0.15, 0.2) is 0 Å². The maximum atomic E-state index is 11.6. The van der Waals surface area contributed by atoms with E-state index in [9.17, 15) is 9.90 Å². The molecule has 2 bridgehead atoms. The van der Waals surface area contributed by atoms with Crippen molar-refractivity contribution in [3.8, 4) is 0 Å². The van der Waals surface area contributed by atoms with Crippen molar-refractivity contribution in [2.45, 2.75) is 58.7 Å². The molecule has 3 heteroatoms. The van der Waals surface area contributed by atoms with Gasteiger partial charge in [-0.25, -0.2) is 4.79 Å². The van der Waals surface area contributed by atoms with Gasteiger partial charge in [-0.1, -0.05) is 20.8 Å². The number of carbonyl (C=O) groups is 1. The molecule has 0 aromatic heterocycles. The summed E-state index contributed by atoms with van der Waals surface area (Å²) in [6, 6.07) is 0. The van der Waals surface area contributed by atoms with Crippen LogP contribution in [0, 0.1) is 17.3 Å². The highest BCUT2D eigenvalue weighted by molar-refractivity contribution is 5.74. The Hall–Kier alpha value is -0.570. The number of fused-ring (bicyclic) bond motifs is 2. The third-order valence-corrected chi connectivity index (χ3v) is 5.03. The number of ether oxygens (including phenoxy) is 1. The summed E-state index contributed by atoms with van der Waals surface area (Å²) in [5.74, 6) is 0.598. The van der Waals surface area contributed by atoms with Gasteiger partial charge in [-0.2, -0.15) is 0 Å². The average Bonchev–Trinajstić information content (AvgIpc) is 2.20. The Kier molecular flexibility index (Phi) is 2.57. The third-order valence-electron chi connectivity index (χ3n) is 5.03. The fourth-order valence-corrected chi connectivity index (χ4v) is 3.62. The minimum absolute atomic E-state index is 0.0647. The minimum Gasteiger partial charge on any atom is -0.456 e. The highest BCUT2D eigenvalue weighted by atomic mass is 16.6. The molecule has 0 aromatic rings. The normalized spacial score (nSPS) is 42.1. The monoisotopic (exact) mass is 226 g/mol. The number of carbonyl (C=O) groups excluding carboxylic acids is 1. The lowest BCUT2D eigenvalue weighted by atomic mass is 9.42. The number of hydrogen-bond donors (Lipinski definition) is 1. The molecule has 4 unspecified atom stereocenters. The molecule has 0 saturated heterocycles. The summed E-state index contributed by atoms with van der Waals surface area (Å²) in [6.07, 6.45) is 2.32. The summed E-state index contributed by atoms with van der Waals surface area (Å²) in [7, 11) is 0. The lowest BCUT2D eigenvalue weighted by molar-refractivity contribution is -0.270. The van der Waals surface area contributed by atoms with E-state index in [1.165, 1.54) is 13.3 Å². The zero-order valence-electron chi connectivity index (χ0n) is 10.6. The Morgan fingerprint density at radius 3 is 2.50 bits per heavy atom. The molecule has 92 valence electrons. The largest absolute Gasteiger partial charge is 0.456 e. The van der Waals surface area contributed by atoms with Crippen LogP contribution in [0.25, 0.3) is 0 Å². The second-order valence-corrected chi connectivity index (χ2v) is 6.09. The van der Waals surface area contributed by atoms with Crippen LogP contribution in [0.2, 0.25) is 0 Å². The van der Waals surface area contributed by atoms with Gasteiger partial charge in [0.05, 0.1) is 0 Å². The first-order valence-electron chi connectivity index (χ1n) is 6.22. The van der Waals surface area contributed by atoms with Gasteiger partial charge >= 0.3 is 5.97 Å². The van der Waals surface area contributed by atoms with Gasteiger partial charge in [0, 0.05) is 5.41 Å². The smallest absolute Gasteiger partial charge is 0.335 e. The van der Waals surface area contributed by atoms with E-state index in [4.69, 9.17) is 4.74 Å². The van der Waals surface area contributed by atoms with Crippen molar-refractivity contribution < 1.29 is 14.6 Å². The molecule has 1 N–H and O–H groups in total. The molecule has 3 aliphatic carbocycles. The molecule has 0 aromatic carbocycles. The summed E-state index contributed by atoms with van der Waals surface area (Å²) >= 11 is 0. The quantitative estimate of drug-likeness (QED) is 0.734. The highest BCUT2D eigenvalue weighted by Gasteiger charge is 2.67. The van der Waals surface area contributed by atoms with Crippen LogP contribution in [0.5, 0.6) is 0 Å². The van der Waals surface area contributed by atoms with E-state index in [0.29, 0.717) is 11.8 Å². The molecule has 3 fully saturated rings.